The topological polar surface area (TPSA) is 80.5 Å². The van der Waals surface area contributed by atoms with Crippen molar-refractivity contribution < 1.29 is 18.7 Å². The molecule has 1 aromatic heterocycles. The SMILES string of the molecule is C[C@@H]1[C@@H]([Si](C)(C)F)[C@H](CCn2cc(CCO)nn2)O[C@@]12C(=O)N(Cc1ccccc1)c1ccc(Cl)cc12. The van der Waals surface area contributed by atoms with Gasteiger partial charge < -0.3 is 18.9 Å². The monoisotopic (exact) mass is 542 g/mol. The van der Waals surface area contributed by atoms with Gasteiger partial charge in [0, 0.05) is 47.8 Å². The molecule has 10 heteroatoms. The van der Waals surface area contributed by atoms with Crippen molar-refractivity contribution in [2.45, 2.75) is 63.2 Å². The summed E-state index contributed by atoms with van der Waals surface area (Å²) >= 11 is 6.43. The first kappa shape index (κ1) is 26.0. The van der Waals surface area contributed by atoms with Gasteiger partial charge in [-0.2, -0.15) is 0 Å². The van der Waals surface area contributed by atoms with Crippen LogP contribution in [0.4, 0.5) is 9.80 Å². The van der Waals surface area contributed by atoms with Gasteiger partial charge in [-0.1, -0.05) is 54.1 Å². The van der Waals surface area contributed by atoms with E-state index in [0.29, 0.717) is 42.2 Å². The second-order valence-corrected chi connectivity index (χ2v) is 14.8. The predicted molar refractivity (Wildman–Crippen MR) is 143 cm³/mol. The zero-order valence-electron chi connectivity index (χ0n) is 21.3. The van der Waals surface area contributed by atoms with Gasteiger partial charge in [-0.05, 0) is 43.3 Å². The molecule has 0 aliphatic carbocycles. The van der Waals surface area contributed by atoms with Crippen molar-refractivity contribution in [3.63, 3.8) is 0 Å². The summed E-state index contributed by atoms with van der Waals surface area (Å²) in [6.07, 6.45) is 2.23. The molecule has 0 saturated carbocycles. The second kappa shape index (κ2) is 9.94. The van der Waals surface area contributed by atoms with E-state index in [2.05, 4.69) is 10.3 Å². The molecule has 1 amide bonds. The Hall–Kier alpha value is -2.59. The maximum absolute atomic E-state index is 15.9. The minimum atomic E-state index is -3.26. The van der Waals surface area contributed by atoms with Crippen molar-refractivity contribution in [3.8, 4) is 0 Å². The number of aliphatic hydroxyl groups is 1. The lowest BCUT2D eigenvalue weighted by molar-refractivity contribution is -0.146. The number of ether oxygens (including phenoxy) is 1. The molecule has 4 atom stereocenters. The molecular weight excluding hydrogens is 511 g/mol. The zero-order chi connectivity index (χ0) is 26.4. The van der Waals surface area contributed by atoms with Crippen LogP contribution >= 0.6 is 11.6 Å². The number of amides is 1. The third-order valence-electron chi connectivity index (χ3n) is 7.70. The Labute approximate surface area is 222 Å². The number of hydrogen-bond acceptors (Lipinski definition) is 5. The molecule has 196 valence electrons. The molecule has 1 fully saturated rings. The lowest BCUT2D eigenvalue weighted by atomic mass is 9.82. The largest absolute Gasteiger partial charge is 0.396 e. The Bertz CT molecular complexity index is 1280. The van der Waals surface area contributed by atoms with Crippen LogP contribution in [0.1, 0.15) is 30.2 Å². The fourth-order valence-corrected chi connectivity index (χ4v) is 8.86. The molecule has 2 aromatic carbocycles. The fourth-order valence-electron chi connectivity index (χ4n) is 6.15. The van der Waals surface area contributed by atoms with Crippen LogP contribution in [0.15, 0.2) is 54.7 Å². The van der Waals surface area contributed by atoms with Gasteiger partial charge in [0.2, 0.25) is 8.41 Å². The smallest absolute Gasteiger partial charge is 0.264 e. The molecule has 37 heavy (non-hydrogen) atoms. The maximum Gasteiger partial charge on any atom is 0.264 e. The molecule has 2 aliphatic rings. The number of aryl methyl sites for hydroxylation is 1. The van der Waals surface area contributed by atoms with Crippen LogP contribution in [-0.4, -0.2) is 47.1 Å². The number of nitrogens with zero attached hydrogens (tertiary/aromatic N) is 4. The molecule has 3 heterocycles. The van der Waals surface area contributed by atoms with Crippen molar-refractivity contribution in [2.24, 2.45) is 5.92 Å². The Morgan fingerprint density at radius 3 is 2.68 bits per heavy atom. The van der Waals surface area contributed by atoms with Gasteiger partial charge in [-0.15, -0.1) is 5.10 Å². The van der Waals surface area contributed by atoms with Crippen LogP contribution in [0.2, 0.25) is 23.7 Å². The van der Waals surface area contributed by atoms with E-state index < -0.39 is 25.7 Å². The molecule has 1 N–H and O–H groups in total. The van der Waals surface area contributed by atoms with Gasteiger partial charge in [-0.3, -0.25) is 9.48 Å². The average Bonchev–Trinajstić information content (AvgIpc) is 3.49. The van der Waals surface area contributed by atoms with E-state index in [0.717, 1.165) is 11.3 Å². The Kier molecular flexibility index (Phi) is 6.99. The summed E-state index contributed by atoms with van der Waals surface area (Å²) < 4.78 is 24.4. The molecule has 1 spiro atoms. The van der Waals surface area contributed by atoms with Crippen LogP contribution in [0.5, 0.6) is 0 Å². The summed E-state index contributed by atoms with van der Waals surface area (Å²) in [6.45, 7) is 6.19. The van der Waals surface area contributed by atoms with Crippen molar-refractivity contribution in [2.75, 3.05) is 11.5 Å². The number of halogens is 2. The molecule has 1 saturated heterocycles. The van der Waals surface area contributed by atoms with E-state index in [1.165, 1.54) is 0 Å². The summed E-state index contributed by atoms with van der Waals surface area (Å²) in [5.41, 5.74) is 1.46. The van der Waals surface area contributed by atoms with Gasteiger partial charge in [0.15, 0.2) is 5.60 Å². The first-order valence-electron chi connectivity index (χ1n) is 12.7. The highest BCUT2D eigenvalue weighted by Gasteiger charge is 2.66. The standard InChI is InChI=1S/C27H32ClFN4O3Si/c1-18-25(37(2,3)29)24(11-13-32-17-21(12-14-34)30-31-32)36-27(18)22-15-20(28)9-10-23(22)33(26(27)35)16-19-7-5-4-6-8-19/h4-10,15,17-18,24-25,34H,11-14,16H2,1-3H3/t18-,24+,25-,27+/m1/s1. The number of hydrogen-bond donors (Lipinski definition) is 1. The van der Waals surface area contributed by atoms with E-state index in [4.69, 9.17) is 21.4 Å². The van der Waals surface area contributed by atoms with Crippen molar-refractivity contribution in [1.82, 2.24) is 15.0 Å². The molecular formula is C27H32ClFN4O3Si. The number of anilines is 1. The van der Waals surface area contributed by atoms with E-state index >= 15 is 4.11 Å². The highest BCUT2D eigenvalue weighted by molar-refractivity contribution is 6.72. The fraction of sp³-hybridized carbons (Fsp3) is 0.444. The lowest BCUT2D eigenvalue weighted by Gasteiger charge is -2.31. The van der Waals surface area contributed by atoms with Gasteiger partial charge in [0.1, 0.15) is 0 Å². The summed E-state index contributed by atoms with van der Waals surface area (Å²) in [7, 11) is -3.26. The van der Waals surface area contributed by atoms with Crippen molar-refractivity contribution in [3.05, 3.63) is 76.6 Å². The number of carbonyl (C=O) groups excluding carboxylic acids is 1. The summed E-state index contributed by atoms with van der Waals surface area (Å²) in [6, 6.07) is 15.3. The molecule has 5 rings (SSSR count). The second-order valence-electron chi connectivity index (χ2n) is 10.5. The highest BCUT2D eigenvalue weighted by atomic mass is 35.5. The Morgan fingerprint density at radius 2 is 1.97 bits per heavy atom. The Morgan fingerprint density at radius 1 is 1.22 bits per heavy atom. The van der Waals surface area contributed by atoms with Gasteiger partial charge in [-0.25, -0.2) is 0 Å². The molecule has 2 aliphatic heterocycles. The first-order chi connectivity index (χ1) is 17.6. The van der Waals surface area contributed by atoms with E-state index in [-0.39, 0.29) is 18.4 Å². The molecule has 7 nitrogen and oxygen atoms in total. The normalized spacial score (nSPS) is 25.3. The number of rotatable bonds is 8. The number of carbonyl (C=O) groups is 1. The van der Waals surface area contributed by atoms with Crippen LogP contribution in [0.25, 0.3) is 0 Å². The van der Waals surface area contributed by atoms with E-state index in [1.54, 1.807) is 41.0 Å². The number of aliphatic hydroxyl groups excluding tert-OH is 1. The maximum atomic E-state index is 15.9. The Balaban J connectivity index is 1.50. The van der Waals surface area contributed by atoms with Gasteiger partial charge in [0.25, 0.3) is 5.91 Å². The van der Waals surface area contributed by atoms with E-state index in [9.17, 15) is 4.79 Å². The quantitative estimate of drug-likeness (QED) is 0.324. The van der Waals surface area contributed by atoms with Crippen LogP contribution in [-0.2, 0) is 34.6 Å². The summed E-state index contributed by atoms with van der Waals surface area (Å²) in [5.74, 6) is -0.548. The van der Waals surface area contributed by atoms with Crippen LogP contribution < -0.4 is 4.90 Å². The molecule has 3 aromatic rings. The van der Waals surface area contributed by atoms with Gasteiger partial charge >= 0.3 is 0 Å². The lowest BCUT2D eigenvalue weighted by Crippen LogP contribution is -2.45. The van der Waals surface area contributed by atoms with Crippen LogP contribution in [0.3, 0.4) is 0 Å². The third-order valence-corrected chi connectivity index (χ3v) is 10.4. The van der Waals surface area contributed by atoms with Gasteiger partial charge in [0.05, 0.1) is 24.0 Å². The van der Waals surface area contributed by atoms with Crippen molar-refractivity contribution in [1.29, 1.82) is 0 Å². The first-order valence-corrected chi connectivity index (χ1v) is 16.0. The molecule has 0 bridgehead atoms. The van der Waals surface area contributed by atoms with Crippen molar-refractivity contribution >= 4 is 31.6 Å². The molecule has 0 unspecified atom stereocenters. The average molecular weight is 543 g/mol. The number of benzene rings is 2. The molecule has 0 radical (unpaired) electrons. The zero-order valence-corrected chi connectivity index (χ0v) is 23.0. The summed E-state index contributed by atoms with van der Waals surface area (Å²) in [5, 5.41) is 17.9. The van der Waals surface area contributed by atoms with E-state index in [1.807, 2.05) is 43.3 Å². The van der Waals surface area contributed by atoms with Crippen LogP contribution in [0, 0.1) is 5.92 Å². The highest BCUT2D eigenvalue weighted by Crippen LogP contribution is 2.60. The third kappa shape index (κ3) is 4.63. The number of aromatic nitrogens is 3. The minimum absolute atomic E-state index is 0.00224. The minimum Gasteiger partial charge on any atom is -0.396 e. The summed E-state index contributed by atoms with van der Waals surface area (Å²) in [4.78, 5) is 16.0. The number of fused-ring (bicyclic) bond motifs is 2. The predicted octanol–water partition coefficient (Wildman–Crippen LogP) is 4.88.